The van der Waals surface area contributed by atoms with Gasteiger partial charge < -0.3 is 104 Å². The van der Waals surface area contributed by atoms with Crippen LogP contribution in [0.1, 0.15) is 132 Å². The van der Waals surface area contributed by atoms with Gasteiger partial charge in [0.1, 0.15) is 84.3 Å². The molecule has 0 aliphatic carbocycles. The Bertz CT molecular complexity index is 5190. The number of halogens is 3. The Morgan fingerprint density at radius 3 is 1.76 bits per heavy atom. The molecule has 9 rings (SSSR count). The summed E-state index contributed by atoms with van der Waals surface area (Å²) in [5.41, 5.74) is 14.5. The predicted octanol–water partition coefficient (Wildman–Crippen LogP) is 1.88. The molecule has 40 heteroatoms. The summed E-state index contributed by atoms with van der Waals surface area (Å²) in [6, 6.07) is 7.78. The van der Waals surface area contributed by atoms with E-state index < -0.39 is 252 Å². The molecule has 0 spiro atoms. The van der Waals surface area contributed by atoms with Crippen molar-refractivity contribution in [1.29, 1.82) is 0 Å². The quantitative estimate of drug-likeness (QED) is 0.0385. The van der Waals surface area contributed by atoms with E-state index in [4.69, 9.17) is 11.5 Å². The first kappa shape index (κ1) is 105. The molecule has 134 heavy (non-hydrogen) atoms. The molecule has 4 heterocycles. The topological polar surface area (TPSA) is 526 Å². The van der Waals surface area contributed by atoms with Gasteiger partial charge in [-0.3, -0.25) is 76.7 Å². The van der Waals surface area contributed by atoms with E-state index in [1.165, 1.54) is 50.3 Å². The maximum Gasteiger partial charge on any atom is 0.305 e. The number of aromatic hydroxyl groups is 1. The molecule has 5 aromatic carbocycles. The number of phenols is 1. The van der Waals surface area contributed by atoms with Gasteiger partial charge in [-0.25, -0.2) is 13.2 Å². The molecule has 6 aromatic rings. The van der Waals surface area contributed by atoms with Crippen molar-refractivity contribution < 1.29 is 105 Å². The number of nitrogens with one attached hydrogen (secondary N) is 10. The maximum absolute atomic E-state index is 15.7. The number of nitrogens with zero attached hydrogens (tertiary/aromatic N) is 5. The molecule has 724 valence electrons. The Morgan fingerprint density at radius 2 is 1.12 bits per heavy atom. The van der Waals surface area contributed by atoms with Crippen molar-refractivity contribution in [1.82, 2.24) is 77.3 Å². The molecule has 3 saturated heterocycles. The van der Waals surface area contributed by atoms with E-state index in [0.717, 1.165) is 25.2 Å². The van der Waals surface area contributed by atoms with Gasteiger partial charge in [-0.1, -0.05) is 138 Å². The molecule has 0 radical (unpaired) electrons. The van der Waals surface area contributed by atoms with Crippen LogP contribution in [0.4, 0.5) is 13.2 Å². The summed E-state index contributed by atoms with van der Waals surface area (Å²) in [5, 5.41) is 56.5. The Kier molecular flexibility index (Phi) is 38.4. The normalized spacial score (nSPS) is 24.1. The number of amides is 15. The lowest BCUT2D eigenvalue weighted by Gasteiger charge is -2.38. The molecular formula is C94H122F3N17O19S. The number of aliphatic carboxylic acids is 1. The van der Waals surface area contributed by atoms with Crippen LogP contribution >= 0.6 is 11.8 Å². The average Bonchev–Trinajstić information content (AvgIpc) is 1.53. The largest absolute Gasteiger partial charge is 0.508 e. The molecule has 0 bridgehead atoms. The first-order valence-corrected chi connectivity index (χ1v) is 45.9. The van der Waals surface area contributed by atoms with Crippen LogP contribution in [0.25, 0.3) is 10.9 Å². The summed E-state index contributed by atoms with van der Waals surface area (Å²) >= 11 is 0.667. The smallest absolute Gasteiger partial charge is 0.305 e. The van der Waals surface area contributed by atoms with Crippen molar-refractivity contribution in [2.24, 2.45) is 23.3 Å². The minimum atomic E-state index is -2.02. The maximum atomic E-state index is 15.7. The highest BCUT2D eigenvalue weighted by atomic mass is 32.2. The second-order valence-electron chi connectivity index (χ2n) is 35.1. The van der Waals surface area contributed by atoms with Gasteiger partial charge in [0, 0.05) is 95.6 Å². The number of hydrogen-bond acceptors (Lipinski definition) is 20. The van der Waals surface area contributed by atoms with E-state index >= 15 is 56.7 Å². The average molecular weight is 1880 g/mol. The van der Waals surface area contributed by atoms with E-state index in [0.29, 0.717) is 63.5 Å². The lowest BCUT2D eigenvalue weighted by molar-refractivity contribution is -0.152. The van der Waals surface area contributed by atoms with Crippen LogP contribution < -0.4 is 59.3 Å². The predicted molar refractivity (Wildman–Crippen MR) is 489 cm³/mol. The van der Waals surface area contributed by atoms with Crippen LogP contribution in [0.5, 0.6) is 5.75 Å². The third-order valence-electron chi connectivity index (χ3n) is 24.0. The number of aromatic amines is 1. The highest BCUT2D eigenvalue weighted by Gasteiger charge is 2.48. The zero-order valence-corrected chi connectivity index (χ0v) is 77.3. The number of carboxylic acids is 1. The number of rotatable bonds is 24. The van der Waals surface area contributed by atoms with Gasteiger partial charge in [0.15, 0.2) is 17.5 Å². The highest BCUT2D eigenvalue weighted by molar-refractivity contribution is 8.00. The lowest BCUT2D eigenvalue weighted by Crippen LogP contribution is -2.62. The number of likely N-dealkylation sites (N-methyl/N-ethyl adjacent to an activating group) is 3. The number of primary amides is 1. The number of aliphatic hydroxyl groups excluding tert-OH is 1. The van der Waals surface area contributed by atoms with Gasteiger partial charge >= 0.3 is 5.97 Å². The number of aryl methyl sites for hydroxylation is 1. The molecule has 0 unspecified atom stereocenters. The van der Waals surface area contributed by atoms with E-state index in [2.05, 4.69) is 52.8 Å². The molecule has 15 amide bonds. The Labute approximate surface area is 778 Å². The summed E-state index contributed by atoms with van der Waals surface area (Å²) in [6.45, 7) is 8.75. The second-order valence-corrected chi connectivity index (χ2v) is 36.1. The van der Waals surface area contributed by atoms with E-state index in [1.54, 1.807) is 120 Å². The van der Waals surface area contributed by atoms with Crippen molar-refractivity contribution in [3.63, 3.8) is 0 Å². The van der Waals surface area contributed by atoms with Gasteiger partial charge in [0.2, 0.25) is 88.6 Å². The molecule has 1 aromatic heterocycles. The van der Waals surface area contributed by atoms with Gasteiger partial charge in [0.05, 0.1) is 24.8 Å². The third kappa shape index (κ3) is 28.8. The van der Waals surface area contributed by atoms with E-state index in [9.17, 15) is 48.5 Å². The molecule has 3 aliphatic rings. The number of hydrogen-bond donors (Lipinski definition) is 15. The summed E-state index contributed by atoms with van der Waals surface area (Å²) < 4.78 is 45.1. The highest BCUT2D eigenvalue weighted by Crippen LogP contribution is 2.29. The number of phenolic OH excluding ortho intramolecular Hbond substituents is 1. The summed E-state index contributed by atoms with van der Waals surface area (Å²) in [6.07, 6.45) is -2.68. The molecule has 17 N–H and O–H groups in total. The molecule has 3 aliphatic heterocycles. The number of carbonyl (C=O) groups is 16. The van der Waals surface area contributed by atoms with Crippen molar-refractivity contribution >= 4 is 117 Å². The molecule has 0 saturated carbocycles. The van der Waals surface area contributed by atoms with Gasteiger partial charge in [-0.2, -0.15) is 0 Å². The number of unbranched alkanes of at least 4 members (excludes halogenated alkanes) is 1. The molecular weight excluding hydrogens is 1760 g/mol. The molecule has 14 atom stereocenters. The first-order valence-electron chi connectivity index (χ1n) is 44.8. The number of carbonyl (C=O) groups excluding carboxylic acids is 15. The summed E-state index contributed by atoms with van der Waals surface area (Å²) in [7, 11) is 3.69. The van der Waals surface area contributed by atoms with Crippen LogP contribution in [-0.4, -0.2) is 283 Å². The van der Waals surface area contributed by atoms with E-state index in [1.807, 2.05) is 6.92 Å². The van der Waals surface area contributed by atoms with Crippen molar-refractivity contribution in [2.45, 2.75) is 223 Å². The van der Waals surface area contributed by atoms with Gasteiger partial charge in [-0.15, -0.1) is 11.8 Å². The number of fused-ring (bicyclic) bond motifs is 3. The van der Waals surface area contributed by atoms with Gasteiger partial charge in [-0.05, 0) is 122 Å². The fourth-order valence-corrected chi connectivity index (χ4v) is 17.5. The number of para-hydroxylation sites is 1. The summed E-state index contributed by atoms with van der Waals surface area (Å²) in [4.78, 5) is 246. The first-order chi connectivity index (χ1) is 63.6. The number of thioether (sulfide) groups is 1. The fourth-order valence-electron chi connectivity index (χ4n) is 16.6. The van der Waals surface area contributed by atoms with Crippen LogP contribution in [0.3, 0.4) is 0 Å². The van der Waals surface area contributed by atoms with Gasteiger partial charge in [0.25, 0.3) is 0 Å². The monoisotopic (exact) mass is 1880 g/mol. The van der Waals surface area contributed by atoms with Crippen molar-refractivity contribution in [2.75, 3.05) is 58.8 Å². The number of aromatic nitrogens is 1. The number of H-pyrrole nitrogens is 1. The zero-order chi connectivity index (χ0) is 98.1. The van der Waals surface area contributed by atoms with E-state index in [-0.39, 0.29) is 95.0 Å². The van der Waals surface area contributed by atoms with Crippen molar-refractivity contribution in [3.05, 3.63) is 172 Å². The SMILES string of the molecule is CCCC[C@H]1C(=O)N2C[C@@H](O)C[C@@H]2C(=O)N[C@@H](CC(=O)O)C(=O)N[C@@H](C(C)C)C(=O)N(C)[C@H](Cc2ccc(C)cc2)C(=O)N[C@@H](CCCN)C(=O)N2CCC[C@@H]2C(=O)N[C@@H](Cc2c[nH]c3ccccc23)C(=O)N[C@@H](Cc2ccc(O)cc2)C(=O)N[C@H](CC(C)C)C(=O)N[C@H](C(=O)NCC(N)=O)CSCC(=O)N[C@H](Cc2cc(F)c(F)c(F)c2)C(=O)N(C)[C@@H](Cc2ccccc2)C(=O)N1C. The Hall–Kier alpha value is -13.0. The van der Waals surface area contributed by atoms with Crippen molar-refractivity contribution in [3.8, 4) is 5.75 Å². The number of carboxylic acid groups (broad SMARTS) is 1. The lowest BCUT2D eigenvalue weighted by atomic mass is 9.98. The molecule has 3 fully saturated rings. The summed E-state index contributed by atoms with van der Waals surface area (Å²) in [5.74, 6) is -24.3. The number of benzene rings is 5. The Morgan fingerprint density at radius 1 is 0.560 bits per heavy atom. The third-order valence-corrected chi connectivity index (χ3v) is 25.0. The van der Waals surface area contributed by atoms with Crippen LogP contribution in [-0.2, 0) is 109 Å². The fraction of sp³-hybridized carbons (Fsp3) is 0.489. The molecule has 36 nitrogen and oxygen atoms in total. The number of aliphatic hydroxyl groups is 1. The second kappa shape index (κ2) is 49.1. The van der Waals surface area contributed by atoms with Crippen LogP contribution in [0.15, 0.2) is 121 Å². The minimum absolute atomic E-state index is 0.0125. The van der Waals surface area contributed by atoms with Crippen LogP contribution in [0, 0.1) is 36.2 Å². The Balaban J connectivity index is 1.14. The standard InChI is InChI=1S/C94H122F3N17O19S/c1-10-11-24-73-93(132)114-48-60(116)44-75(114)89(128)107-69(45-79(119)120)86(125)109-81(52(4)5)94(133)111(8)74(41-56-28-26-53(6)27-29-56)88(127)103-65(23-17-34-98)91(130)113-35-18-25-72(113)87(126)106-68(43-58-46-100-64-22-16-15-21-61(58)64)85(124)105-67(39-55-30-32-59(115)33-31-55)84(123)104-66(36-51(2)3)83(122)108-71(82(121)101-47-77(99)117)49-134-50-78(118)102-70(40-57-37-62(95)80(97)63(96)38-57)90(129)112(9)76(92(131)110(73)7)42-54-19-13-12-14-20-54/h12-16,19-22,26-33,37-38,46,51-52,60,65-76,81,100,115-116H,10-11,17-18,23-25,34-36,39-45,47-50,98H2,1-9H3,(H2,99,117)(H,101,121)(H,102,118)(H,103,127)(H,104,123)(H,105,124)(H,106,126)(H,107,128)(H,108,122)(H,109,125)(H,119,120)/t60-,65-,66+,67-,68-,69-,70+,71-,72+,73-,74+,75+,76-,81-/m0/s1. The zero-order valence-electron chi connectivity index (χ0n) is 76.4. The van der Waals surface area contributed by atoms with Crippen LogP contribution in [0.2, 0.25) is 0 Å². The minimum Gasteiger partial charge on any atom is -0.508 e. The number of nitrogens with two attached hydrogens (primary N) is 2.